The van der Waals surface area contributed by atoms with E-state index in [1.807, 2.05) is 11.8 Å². The molecule has 0 aromatic carbocycles. The highest BCUT2D eigenvalue weighted by atomic mass is 32.2. The highest BCUT2D eigenvalue weighted by molar-refractivity contribution is 8.01. The number of aryl methyl sites for hydroxylation is 1. The molecule has 2 aliphatic rings. The van der Waals surface area contributed by atoms with Crippen molar-refractivity contribution in [1.29, 1.82) is 0 Å². The fraction of sp³-hybridized carbons (Fsp3) is 0.625. The number of thioether (sulfide) groups is 1. The number of nitrogens with zero attached hydrogens (tertiary/aromatic N) is 2. The van der Waals surface area contributed by atoms with Crippen molar-refractivity contribution in [2.75, 3.05) is 31.9 Å². The van der Waals surface area contributed by atoms with Crippen LogP contribution in [-0.4, -0.2) is 58.3 Å². The first-order valence-electron chi connectivity index (χ1n) is 7.79. The predicted octanol–water partition coefficient (Wildman–Crippen LogP) is 2.16. The molecular formula is C16H22N2O3S. The van der Waals surface area contributed by atoms with Crippen molar-refractivity contribution in [1.82, 2.24) is 9.80 Å². The molecule has 120 valence electrons. The standard InChI is InChI=1S/C16H22N2O3S/c1-12-4-5-13(21-12)14(19)17-7-9-18(10-8-17)15(20)16(2)6-3-11-22-16/h4-5H,3,6-11H2,1-2H3. The average molecular weight is 322 g/mol. The normalized spacial score (nSPS) is 25.5. The topological polar surface area (TPSA) is 53.8 Å². The van der Waals surface area contributed by atoms with E-state index in [1.165, 1.54) is 0 Å². The Hall–Kier alpha value is -1.43. The minimum absolute atomic E-state index is 0.0818. The number of hydrogen-bond acceptors (Lipinski definition) is 4. The predicted molar refractivity (Wildman–Crippen MR) is 86.0 cm³/mol. The summed E-state index contributed by atoms with van der Waals surface area (Å²) in [4.78, 5) is 28.7. The van der Waals surface area contributed by atoms with Gasteiger partial charge in [0.2, 0.25) is 5.91 Å². The Morgan fingerprint density at radius 3 is 2.41 bits per heavy atom. The first kappa shape index (κ1) is 15.5. The molecule has 2 aliphatic heterocycles. The Morgan fingerprint density at radius 2 is 1.86 bits per heavy atom. The maximum atomic E-state index is 12.7. The summed E-state index contributed by atoms with van der Waals surface area (Å²) in [5.74, 6) is 2.34. The summed E-state index contributed by atoms with van der Waals surface area (Å²) in [5, 5.41) is 0. The van der Waals surface area contributed by atoms with Crippen LogP contribution in [0.4, 0.5) is 0 Å². The molecule has 2 saturated heterocycles. The van der Waals surface area contributed by atoms with Gasteiger partial charge in [0, 0.05) is 26.2 Å². The van der Waals surface area contributed by atoms with E-state index < -0.39 is 0 Å². The van der Waals surface area contributed by atoms with E-state index in [0.29, 0.717) is 31.9 Å². The van der Waals surface area contributed by atoms with Gasteiger partial charge in [0.05, 0.1) is 4.75 Å². The molecular weight excluding hydrogens is 300 g/mol. The number of piperazine rings is 1. The Morgan fingerprint density at radius 1 is 1.18 bits per heavy atom. The maximum absolute atomic E-state index is 12.7. The molecule has 6 heteroatoms. The Kier molecular flexibility index (Phi) is 4.21. The van der Waals surface area contributed by atoms with E-state index in [1.54, 1.807) is 28.8 Å². The molecule has 0 spiro atoms. The van der Waals surface area contributed by atoms with Crippen molar-refractivity contribution >= 4 is 23.6 Å². The maximum Gasteiger partial charge on any atom is 0.289 e. The van der Waals surface area contributed by atoms with Crippen LogP contribution in [-0.2, 0) is 4.79 Å². The largest absolute Gasteiger partial charge is 0.456 e. The summed E-state index contributed by atoms with van der Waals surface area (Å²) in [7, 11) is 0. The zero-order valence-electron chi connectivity index (χ0n) is 13.1. The highest BCUT2D eigenvalue weighted by Gasteiger charge is 2.41. The van der Waals surface area contributed by atoms with Gasteiger partial charge in [0.25, 0.3) is 5.91 Å². The van der Waals surface area contributed by atoms with Crippen molar-refractivity contribution in [2.24, 2.45) is 0 Å². The molecule has 2 fully saturated rings. The van der Waals surface area contributed by atoms with Crippen LogP contribution >= 0.6 is 11.8 Å². The van der Waals surface area contributed by atoms with Crippen LogP contribution in [0, 0.1) is 6.92 Å². The van der Waals surface area contributed by atoms with E-state index in [0.717, 1.165) is 24.4 Å². The first-order chi connectivity index (χ1) is 10.5. The summed E-state index contributed by atoms with van der Waals surface area (Å²) in [6, 6.07) is 3.51. The third-order valence-corrected chi connectivity index (χ3v) is 5.99. The summed E-state index contributed by atoms with van der Waals surface area (Å²) < 4.78 is 5.14. The molecule has 3 heterocycles. The van der Waals surface area contributed by atoms with Crippen LogP contribution in [0.2, 0.25) is 0 Å². The van der Waals surface area contributed by atoms with Crippen molar-refractivity contribution in [3.63, 3.8) is 0 Å². The molecule has 5 nitrogen and oxygen atoms in total. The van der Waals surface area contributed by atoms with Crippen molar-refractivity contribution in [3.05, 3.63) is 23.7 Å². The van der Waals surface area contributed by atoms with Crippen LogP contribution in [0.15, 0.2) is 16.5 Å². The van der Waals surface area contributed by atoms with E-state index in [9.17, 15) is 9.59 Å². The molecule has 1 unspecified atom stereocenters. The van der Waals surface area contributed by atoms with Crippen molar-refractivity contribution in [3.8, 4) is 0 Å². The van der Waals surface area contributed by atoms with Crippen molar-refractivity contribution in [2.45, 2.75) is 31.4 Å². The number of rotatable bonds is 2. The van der Waals surface area contributed by atoms with Gasteiger partial charge in [-0.3, -0.25) is 9.59 Å². The van der Waals surface area contributed by atoms with Crippen LogP contribution in [0.1, 0.15) is 36.1 Å². The Bertz CT molecular complexity index is 570. The Labute approximate surface area is 135 Å². The second kappa shape index (κ2) is 5.99. The molecule has 0 bridgehead atoms. The molecule has 22 heavy (non-hydrogen) atoms. The second-order valence-electron chi connectivity index (χ2n) is 6.18. The number of amides is 2. The lowest BCUT2D eigenvalue weighted by Crippen LogP contribution is -2.54. The molecule has 1 aromatic rings. The molecule has 1 aromatic heterocycles. The molecule has 0 aliphatic carbocycles. The van der Waals surface area contributed by atoms with E-state index in [-0.39, 0.29) is 16.6 Å². The lowest BCUT2D eigenvalue weighted by Gasteiger charge is -2.38. The lowest BCUT2D eigenvalue weighted by molar-refractivity contribution is -0.134. The fourth-order valence-corrected chi connectivity index (χ4v) is 4.38. The Balaban J connectivity index is 1.58. The van der Waals surface area contributed by atoms with Crippen LogP contribution in [0.5, 0.6) is 0 Å². The molecule has 3 rings (SSSR count). The highest BCUT2D eigenvalue weighted by Crippen LogP contribution is 2.39. The van der Waals surface area contributed by atoms with Crippen LogP contribution < -0.4 is 0 Å². The van der Waals surface area contributed by atoms with Gasteiger partial charge < -0.3 is 14.2 Å². The van der Waals surface area contributed by atoms with Gasteiger partial charge in [-0.25, -0.2) is 0 Å². The summed E-state index contributed by atoms with van der Waals surface area (Å²) >= 11 is 1.77. The van der Waals surface area contributed by atoms with Gasteiger partial charge in [-0.15, -0.1) is 11.8 Å². The number of hydrogen-bond donors (Lipinski definition) is 0. The fourth-order valence-electron chi connectivity index (χ4n) is 3.10. The number of carbonyl (C=O) groups excluding carboxylic acids is 2. The van der Waals surface area contributed by atoms with E-state index >= 15 is 0 Å². The molecule has 0 N–H and O–H groups in total. The third-order valence-electron chi connectivity index (χ3n) is 4.48. The number of carbonyl (C=O) groups is 2. The van der Waals surface area contributed by atoms with Gasteiger partial charge >= 0.3 is 0 Å². The van der Waals surface area contributed by atoms with E-state index in [4.69, 9.17) is 4.42 Å². The third kappa shape index (κ3) is 2.89. The summed E-state index contributed by atoms with van der Waals surface area (Å²) in [5.41, 5.74) is 0. The van der Waals surface area contributed by atoms with Crippen LogP contribution in [0.25, 0.3) is 0 Å². The van der Waals surface area contributed by atoms with Gasteiger partial charge in [-0.1, -0.05) is 0 Å². The van der Waals surface area contributed by atoms with Gasteiger partial charge in [-0.05, 0) is 44.6 Å². The molecule has 0 radical (unpaired) electrons. The van der Waals surface area contributed by atoms with Gasteiger partial charge in [0.15, 0.2) is 5.76 Å². The zero-order chi connectivity index (χ0) is 15.7. The number of furan rings is 1. The van der Waals surface area contributed by atoms with Crippen molar-refractivity contribution < 1.29 is 14.0 Å². The molecule has 2 amide bonds. The average Bonchev–Trinajstić information content (AvgIpc) is 3.15. The van der Waals surface area contributed by atoms with Gasteiger partial charge in [0.1, 0.15) is 5.76 Å². The minimum Gasteiger partial charge on any atom is -0.456 e. The minimum atomic E-state index is -0.260. The first-order valence-corrected chi connectivity index (χ1v) is 8.77. The monoisotopic (exact) mass is 322 g/mol. The molecule has 0 saturated carbocycles. The van der Waals surface area contributed by atoms with E-state index in [2.05, 4.69) is 6.92 Å². The second-order valence-corrected chi connectivity index (χ2v) is 7.78. The SMILES string of the molecule is Cc1ccc(C(=O)N2CCN(C(=O)C3(C)CCCS3)CC2)o1. The summed E-state index contributed by atoms with van der Waals surface area (Å²) in [6.07, 6.45) is 2.07. The smallest absolute Gasteiger partial charge is 0.289 e. The quantitative estimate of drug-likeness (QED) is 0.837. The van der Waals surface area contributed by atoms with Crippen LogP contribution in [0.3, 0.4) is 0 Å². The van der Waals surface area contributed by atoms with Gasteiger partial charge in [-0.2, -0.15) is 0 Å². The zero-order valence-corrected chi connectivity index (χ0v) is 13.9. The lowest BCUT2D eigenvalue weighted by atomic mass is 10.0. The molecule has 1 atom stereocenters. The summed E-state index contributed by atoms with van der Waals surface area (Å²) in [6.45, 7) is 6.25.